The highest BCUT2D eigenvalue weighted by atomic mass is 19.4. The average molecular weight is 290 g/mol. The van der Waals surface area contributed by atoms with Gasteiger partial charge in [-0.3, -0.25) is 0 Å². The van der Waals surface area contributed by atoms with Crippen molar-refractivity contribution in [3.8, 4) is 0 Å². The van der Waals surface area contributed by atoms with Gasteiger partial charge in [-0.2, -0.15) is 13.2 Å². The van der Waals surface area contributed by atoms with Gasteiger partial charge in [-0.15, -0.1) is 0 Å². The van der Waals surface area contributed by atoms with Gasteiger partial charge in [0.2, 0.25) is 0 Å². The molecule has 0 fully saturated rings. The van der Waals surface area contributed by atoms with Crippen LogP contribution in [-0.2, 0) is 6.18 Å². The van der Waals surface area contributed by atoms with Gasteiger partial charge in [0.25, 0.3) is 0 Å². The summed E-state index contributed by atoms with van der Waals surface area (Å²) < 4.78 is 37.7. The van der Waals surface area contributed by atoms with Crippen molar-refractivity contribution in [3.05, 3.63) is 29.3 Å². The maximum atomic E-state index is 12.6. The van der Waals surface area contributed by atoms with Crippen LogP contribution in [0.5, 0.6) is 0 Å². The van der Waals surface area contributed by atoms with E-state index in [1.54, 1.807) is 13.8 Å². The lowest BCUT2D eigenvalue weighted by Crippen LogP contribution is -2.31. The Hall–Kier alpha value is -1.76. The highest BCUT2D eigenvalue weighted by Crippen LogP contribution is 2.31. The van der Waals surface area contributed by atoms with Crippen molar-refractivity contribution < 1.29 is 23.1 Å². The van der Waals surface area contributed by atoms with Crippen LogP contribution in [0.1, 0.15) is 24.5 Å². The number of carbonyl (C=O) groups is 1. The summed E-state index contributed by atoms with van der Waals surface area (Å²) in [6.45, 7) is 3.42. The van der Waals surface area contributed by atoms with E-state index in [0.29, 0.717) is 12.0 Å². The van der Waals surface area contributed by atoms with Gasteiger partial charge in [-0.1, -0.05) is 6.07 Å². The minimum Gasteiger partial charge on any atom is -0.393 e. The van der Waals surface area contributed by atoms with E-state index in [1.165, 1.54) is 6.07 Å². The molecule has 4 nitrogen and oxygen atoms in total. The molecule has 1 aromatic rings. The zero-order valence-corrected chi connectivity index (χ0v) is 11.2. The van der Waals surface area contributed by atoms with Crippen LogP contribution in [0.15, 0.2) is 18.2 Å². The Morgan fingerprint density at radius 1 is 1.40 bits per heavy atom. The number of anilines is 1. The number of alkyl halides is 3. The normalized spacial score (nSPS) is 12.9. The molecule has 0 radical (unpaired) electrons. The molecule has 20 heavy (non-hydrogen) atoms. The highest BCUT2D eigenvalue weighted by Gasteiger charge is 2.30. The van der Waals surface area contributed by atoms with Gasteiger partial charge in [0.05, 0.1) is 11.7 Å². The second kappa shape index (κ2) is 6.60. The van der Waals surface area contributed by atoms with E-state index < -0.39 is 23.9 Å². The predicted octanol–water partition coefficient (Wildman–Crippen LogP) is 2.91. The highest BCUT2D eigenvalue weighted by molar-refractivity contribution is 5.90. The number of carbonyl (C=O) groups excluding carboxylic acids is 1. The van der Waals surface area contributed by atoms with Gasteiger partial charge in [-0.25, -0.2) is 4.79 Å². The Morgan fingerprint density at radius 3 is 2.60 bits per heavy atom. The molecule has 0 bridgehead atoms. The fraction of sp³-hybridized carbons (Fsp3) is 0.462. The molecule has 7 heteroatoms. The molecule has 1 unspecified atom stereocenters. The molecule has 0 aliphatic rings. The summed E-state index contributed by atoms with van der Waals surface area (Å²) in [5.74, 6) is 0. The van der Waals surface area contributed by atoms with Crippen LogP contribution in [0.4, 0.5) is 23.7 Å². The maximum absolute atomic E-state index is 12.6. The van der Waals surface area contributed by atoms with E-state index in [0.717, 1.165) is 12.1 Å². The molecule has 0 aliphatic carbocycles. The molecule has 0 saturated heterocycles. The summed E-state index contributed by atoms with van der Waals surface area (Å²) in [6, 6.07) is 2.55. The van der Waals surface area contributed by atoms with Crippen molar-refractivity contribution in [1.29, 1.82) is 0 Å². The number of nitrogens with one attached hydrogen (secondary N) is 2. The molecular formula is C13H17F3N2O2. The Morgan fingerprint density at radius 2 is 2.05 bits per heavy atom. The number of rotatable bonds is 4. The third-order valence-corrected chi connectivity index (χ3v) is 2.66. The molecule has 112 valence electrons. The maximum Gasteiger partial charge on any atom is 0.416 e. The van der Waals surface area contributed by atoms with Crippen LogP contribution in [0.25, 0.3) is 0 Å². The second-order valence-electron chi connectivity index (χ2n) is 4.55. The van der Waals surface area contributed by atoms with Gasteiger partial charge in [0, 0.05) is 12.2 Å². The third-order valence-electron chi connectivity index (χ3n) is 2.66. The topological polar surface area (TPSA) is 61.4 Å². The van der Waals surface area contributed by atoms with E-state index in [4.69, 9.17) is 5.11 Å². The Balaban J connectivity index is 2.69. The van der Waals surface area contributed by atoms with E-state index in [-0.39, 0.29) is 12.2 Å². The molecule has 0 spiro atoms. The van der Waals surface area contributed by atoms with Crippen molar-refractivity contribution >= 4 is 11.7 Å². The fourth-order valence-corrected chi connectivity index (χ4v) is 1.49. The predicted molar refractivity (Wildman–Crippen MR) is 69.5 cm³/mol. The van der Waals surface area contributed by atoms with Gasteiger partial charge >= 0.3 is 12.2 Å². The number of aliphatic hydroxyl groups excluding tert-OH is 1. The number of hydrogen-bond donors (Lipinski definition) is 3. The zero-order valence-electron chi connectivity index (χ0n) is 11.2. The van der Waals surface area contributed by atoms with Crippen LogP contribution >= 0.6 is 0 Å². The number of benzene rings is 1. The number of amides is 2. The smallest absolute Gasteiger partial charge is 0.393 e. The summed E-state index contributed by atoms with van der Waals surface area (Å²) >= 11 is 0. The summed E-state index contributed by atoms with van der Waals surface area (Å²) in [4.78, 5) is 11.5. The third kappa shape index (κ3) is 5.08. The van der Waals surface area contributed by atoms with E-state index in [2.05, 4.69) is 10.6 Å². The van der Waals surface area contributed by atoms with Crippen molar-refractivity contribution in [2.24, 2.45) is 0 Å². The van der Waals surface area contributed by atoms with E-state index >= 15 is 0 Å². The Bertz CT molecular complexity index is 473. The molecule has 1 rings (SSSR count). The minimum absolute atomic E-state index is 0.106. The lowest BCUT2D eigenvalue weighted by atomic mass is 10.1. The summed E-state index contributed by atoms with van der Waals surface area (Å²) in [5, 5.41) is 13.8. The first-order valence-corrected chi connectivity index (χ1v) is 6.11. The average Bonchev–Trinajstić information content (AvgIpc) is 2.30. The van der Waals surface area contributed by atoms with Gasteiger partial charge in [0.1, 0.15) is 0 Å². The molecule has 2 amide bonds. The summed E-state index contributed by atoms with van der Waals surface area (Å²) in [7, 11) is 0. The SMILES string of the molecule is Cc1ccc(C(F)(F)F)cc1NC(=O)NCCC(C)O. The minimum atomic E-state index is -4.45. The number of aliphatic hydroxyl groups is 1. The lowest BCUT2D eigenvalue weighted by molar-refractivity contribution is -0.137. The van der Waals surface area contributed by atoms with Crippen molar-refractivity contribution in [2.75, 3.05) is 11.9 Å². The van der Waals surface area contributed by atoms with Crippen molar-refractivity contribution in [1.82, 2.24) is 5.32 Å². The summed E-state index contributed by atoms with van der Waals surface area (Å²) in [6.07, 6.45) is -4.63. The Labute approximate surface area is 115 Å². The van der Waals surface area contributed by atoms with Gasteiger partial charge in [-0.05, 0) is 38.0 Å². The number of halogens is 3. The van der Waals surface area contributed by atoms with Crippen molar-refractivity contribution in [2.45, 2.75) is 32.5 Å². The fourth-order valence-electron chi connectivity index (χ4n) is 1.49. The van der Waals surface area contributed by atoms with Crippen LogP contribution < -0.4 is 10.6 Å². The molecule has 3 N–H and O–H groups in total. The quantitative estimate of drug-likeness (QED) is 0.798. The second-order valence-corrected chi connectivity index (χ2v) is 4.55. The molecule has 1 aromatic carbocycles. The largest absolute Gasteiger partial charge is 0.416 e. The molecule has 0 aromatic heterocycles. The van der Waals surface area contributed by atoms with Crippen LogP contribution in [-0.4, -0.2) is 23.8 Å². The van der Waals surface area contributed by atoms with Crippen molar-refractivity contribution in [3.63, 3.8) is 0 Å². The summed E-state index contributed by atoms with van der Waals surface area (Å²) in [5.41, 5.74) is -0.180. The van der Waals surface area contributed by atoms with Crippen LogP contribution in [0.3, 0.4) is 0 Å². The molecule has 0 heterocycles. The molecule has 1 atom stereocenters. The number of urea groups is 1. The van der Waals surface area contributed by atoms with E-state index in [1.807, 2.05) is 0 Å². The van der Waals surface area contributed by atoms with Gasteiger partial charge < -0.3 is 15.7 Å². The lowest BCUT2D eigenvalue weighted by Gasteiger charge is -2.13. The number of aryl methyl sites for hydroxylation is 1. The molecular weight excluding hydrogens is 273 g/mol. The first-order valence-electron chi connectivity index (χ1n) is 6.11. The standard InChI is InChI=1S/C13H17F3N2O2/c1-8-3-4-10(13(14,15)16)7-11(8)18-12(20)17-6-5-9(2)19/h3-4,7,9,19H,5-6H2,1-2H3,(H2,17,18,20). The first-order chi connectivity index (χ1) is 9.20. The number of hydrogen-bond acceptors (Lipinski definition) is 2. The molecule has 0 saturated carbocycles. The monoisotopic (exact) mass is 290 g/mol. The first kappa shape index (κ1) is 16.3. The van der Waals surface area contributed by atoms with Gasteiger partial charge in [0.15, 0.2) is 0 Å². The van der Waals surface area contributed by atoms with Crippen LogP contribution in [0, 0.1) is 6.92 Å². The van der Waals surface area contributed by atoms with E-state index in [9.17, 15) is 18.0 Å². The van der Waals surface area contributed by atoms with Crippen LogP contribution in [0.2, 0.25) is 0 Å². The molecule has 0 aliphatic heterocycles. The Kier molecular flexibility index (Phi) is 5.38. The zero-order chi connectivity index (χ0) is 15.3.